The number of methoxy groups -OCH3 is 1. The number of rotatable bonds is 5. The van der Waals surface area contributed by atoms with Crippen molar-refractivity contribution in [3.8, 4) is 5.75 Å². The number of aliphatic hydroxyl groups excluding tert-OH is 1. The molecule has 0 bridgehead atoms. The fourth-order valence-electron chi connectivity index (χ4n) is 3.83. The van der Waals surface area contributed by atoms with Gasteiger partial charge in [0.25, 0.3) is 5.91 Å². The van der Waals surface area contributed by atoms with E-state index in [1.807, 2.05) is 36.4 Å². The lowest BCUT2D eigenvalue weighted by Gasteiger charge is -2.38. The van der Waals surface area contributed by atoms with E-state index in [0.29, 0.717) is 42.7 Å². The van der Waals surface area contributed by atoms with Gasteiger partial charge in [0.05, 0.1) is 18.4 Å². The number of ether oxygens (including phenoxy) is 1. The van der Waals surface area contributed by atoms with Crippen molar-refractivity contribution in [3.63, 3.8) is 0 Å². The maximum Gasteiger partial charge on any atom is 0.255 e. The summed E-state index contributed by atoms with van der Waals surface area (Å²) in [6.45, 7) is 1.90. The van der Waals surface area contributed by atoms with Gasteiger partial charge < -0.3 is 15.2 Å². The molecule has 3 rings (SSSR count). The quantitative estimate of drug-likeness (QED) is 0.609. The Labute approximate surface area is 165 Å². The van der Waals surface area contributed by atoms with E-state index in [4.69, 9.17) is 4.74 Å². The van der Waals surface area contributed by atoms with Crippen LogP contribution in [-0.4, -0.2) is 30.5 Å². The van der Waals surface area contributed by atoms with Crippen molar-refractivity contribution in [1.29, 1.82) is 0 Å². The van der Waals surface area contributed by atoms with E-state index in [2.05, 4.69) is 5.32 Å². The second-order valence-corrected chi connectivity index (χ2v) is 7.19. The monoisotopic (exact) mass is 379 g/mol. The molecule has 2 aromatic rings. The molecule has 1 fully saturated rings. The van der Waals surface area contributed by atoms with Crippen molar-refractivity contribution in [2.45, 2.75) is 31.6 Å². The molecule has 0 saturated heterocycles. The number of para-hydroxylation sites is 1. The van der Waals surface area contributed by atoms with Gasteiger partial charge >= 0.3 is 0 Å². The molecule has 1 saturated carbocycles. The molecule has 2 N–H and O–H groups in total. The number of ketones is 1. The van der Waals surface area contributed by atoms with Crippen LogP contribution in [0.3, 0.4) is 0 Å². The number of carbonyl (C=O) groups is 2. The van der Waals surface area contributed by atoms with Gasteiger partial charge in [-0.15, -0.1) is 0 Å². The Morgan fingerprint density at radius 1 is 1.14 bits per heavy atom. The van der Waals surface area contributed by atoms with Crippen LogP contribution in [0, 0.1) is 0 Å². The summed E-state index contributed by atoms with van der Waals surface area (Å²) in [5.41, 5.74) is 1.50. The van der Waals surface area contributed by atoms with Gasteiger partial charge in [0.1, 0.15) is 5.75 Å². The van der Waals surface area contributed by atoms with Gasteiger partial charge in [-0.1, -0.05) is 42.5 Å². The van der Waals surface area contributed by atoms with E-state index < -0.39 is 5.41 Å². The molecule has 0 radical (unpaired) electrons. The Bertz CT molecular complexity index is 900. The van der Waals surface area contributed by atoms with Crippen LogP contribution in [0.2, 0.25) is 0 Å². The number of hydrogen-bond donors (Lipinski definition) is 2. The highest BCUT2D eigenvalue weighted by molar-refractivity contribution is 5.98. The van der Waals surface area contributed by atoms with Crippen LogP contribution in [-0.2, 0) is 10.2 Å². The Balaban J connectivity index is 1.90. The number of benzene rings is 2. The fourth-order valence-corrected chi connectivity index (χ4v) is 3.83. The van der Waals surface area contributed by atoms with E-state index in [0.717, 1.165) is 5.56 Å². The van der Waals surface area contributed by atoms with Crippen molar-refractivity contribution in [1.82, 2.24) is 5.32 Å². The first-order chi connectivity index (χ1) is 13.5. The molecule has 28 heavy (non-hydrogen) atoms. The highest BCUT2D eigenvalue weighted by Crippen LogP contribution is 2.41. The van der Waals surface area contributed by atoms with Crippen molar-refractivity contribution < 1.29 is 19.4 Å². The van der Waals surface area contributed by atoms with Crippen molar-refractivity contribution in [2.75, 3.05) is 13.7 Å². The third-order valence-electron chi connectivity index (χ3n) is 5.44. The van der Waals surface area contributed by atoms with Gasteiger partial charge in [0.2, 0.25) is 0 Å². The van der Waals surface area contributed by atoms with Crippen molar-refractivity contribution in [3.05, 3.63) is 77.1 Å². The smallest absolute Gasteiger partial charge is 0.255 e. The SMILES string of the molecule is COc1ccccc1C(=O)NCC1(c2ccccc2)CCC(=O)/C(=C(/C)O)C1. The number of nitrogens with one attached hydrogen (secondary N) is 1. The Kier molecular flexibility index (Phi) is 5.83. The number of carbonyl (C=O) groups excluding carboxylic acids is 2. The van der Waals surface area contributed by atoms with Gasteiger partial charge in [-0.05, 0) is 37.5 Å². The van der Waals surface area contributed by atoms with E-state index in [9.17, 15) is 14.7 Å². The van der Waals surface area contributed by atoms with Crippen LogP contribution in [0.5, 0.6) is 5.75 Å². The van der Waals surface area contributed by atoms with Gasteiger partial charge in [-0.25, -0.2) is 0 Å². The lowest BCUT2D eigenvalue weighted by molar-refractivity contribution is -0.117. The average molecular weight is 379 g/mol. The molecule has 1 unspecified atom stereocenters. The van der Waals surface area contributed by atoms with E-state index >= 15 is 0 Å². The molecule has 1 amide bonds. The highest BCUT2D eigenvalue weighted by atomic mass is 16.5. The Hall–Kier alpha value is -3.08. The molecule has 2 aromatic carbocycles. The summed E-state index contributed by atoms with van der Waals surface area (Å²) in [4.78, 5) is 25.1. The van der Waals surface area contributed by atoms with Gasteiger partial charge in [-0.3, -0.25) is 9.59 Å². The zero-order chi connectivity index (χ0) is 20.1. The average Bonchev–Trinajstić information content (AvgIpc) is 2.73. The zero-order valence-electron chi connectivity index (χ0n) is 16.2. The standard InChI is InChI=1S/C23H25NO4/c1-16(25)19-14-23(13-12-20(19)26,17-8-4-3-5-9-17)15-24-22(27)18-10-6-7-11-21(18)28-2/h3-11,25H,12-15H2,1-2H3,(H,24,27)/b19-16-. The predicted molar refractivity (Wildman–Crippen MR) is 108 cm³/mol. The summed E-state index contributed by atoms with van der Waals surface area (Å²) in [6.07, 6.45) is 1.34. The summed E-state index contributed by atoms with van der Waals surface area (Å²) < 4.78 is 5.28. The first-order valence-electron chi connectivity index (χ1n) is 9.35. The predicted octanol–water partition coefficient (Wildman–Crippen LogP) is 3.95. The van der Waals surface area contributed by atoms with Crippen molar-refractivity contribution >= 4 is 11.7 Å². The number of Topliss-reactive ketones (excluding diaryl/α,β-unsaturated/α-hetero) is 1. The molecule has 0 spiro atoms. The maximum absolute atomic E-state index is 12.8. The maximum atomic E-state index is 12.8. The zero-order valence-corrected chi connectivity index (χ0v) is 16.2. The molecule has 1 aliphatic carbocycles. The van der Waals surface area contributed by atoms with E-state index in [1.54, 1.807) is 25.1 Å². The Morgan fingerprint density at radius 2 is 1.82 bits per heavy atom. The van der Waals surface area contributed by atoms with Crippen LogP contribution in [0.25, 0.3) is 0 Å². The minimum atomic E-state index is -0.452. The molecule has 1 atom stereocenters. The topological polar surface area (TPSA) is 75.6 Å². The molecule has 0 aromatic heterocycles. The second-order valence-electron chi connectivity index (χ2n) is 7.19. The van der Waals surface area contributed by atoms with Crippen LogP contribution >= 0.6 is 0 Å². The van der Waals surface area contributed by atoms with Crippen LogP contribution in [0.15, 0.2) is 65.9 Å². The second kappa shape index (κ2) is 8.30. The van der Waals surface area contributed by atoms with Crippen molar-refractivity contribution in [2.24, 2.45) is 0 Å². The molecule has 0 heterocycles. The summed E-state index contributed by atoms with van der Waals surface area (Å²) in [5.74, 6) is 0.318. The summed E-state index contributed by atoms with van der Waals surface area (Å²) in [6, 6.07) is 16.9. The molecule has 5 nitrogen and oxygen atoms in total. The van der Waals surface area contributed by atoms with Gasteiger partial charge in [-0.2, -0.15) is 0 Å². The third kappa shape index (κ3) is 3.93. The fraction of sp³-hybridized carbons (Fsp3) is 0.304. The van der Waals surface area contributed by atoms with Crippen LogP contribution < -0.4 is 10.1 Å². The lowest BCUT2D eigenvalue weighted by atomic mass is 9.67. The number of aliphatic hydroxyl groups is 1. The molecular formula is C23H25NO4. The first kappa shape index (κ1) is 19.7. The third-order valence-corrected chi connectivity index (χ3v) is 5.44. The number of allylic oxidation sites excluding steroid dienone is 2. The van der Waals surface area contributed by atoms with Gasteiger partial charge in [0.15, 0.2) is 5.78 Å². The minimum absolute atomic E-state index is 0.0254. The number of hydrogen-bond acceptors (Lipinski definition) is 4. The molecule has 5 heteroatoms. The van der Waals surface area contributed by atoms with E-state index in [-0.39, 0.29) is 17.4 Å². The lowest BCUT2D eigenvalue weighted by Crippen LogP contribution is -2.44. The van der Waals surface area contributed by atoms with Crippen LogP contribution in [0.1, 0.15) is 42.1 Å². The molecule has 0 aliphatic heterocycles. The summed E-state index contributed by atoms with van der Waals surface area (Å²) in [5, 5.41) is 13.0. The first-order valence-corrected chi connectivity index (χ1v) is 9.35. The molecule has 146 valence electrons. The largest absolute Gasteiger partial charge is 0.512 e. The molecular weight excluding hydrogens is 354 g/mol. The van der Waals surface area contributed by atoms with E-state index in [1.165, 1.54) is 7.11 Å². The van der Waals surface area contributed by atoms with Crippen LogP contribution in [0.4, 0.5) is 0 Å². The highest BCUT2D eigenvalue weighted by Gasteiger charge is 2.40. The minimum Gasteiger partial charge on any atom is -0.512 e. The summed E-state index contributed by atoms with van der Waals surface area (Å²) in [7, 11) is 1.53. The normalized spacial score (nSPS) is 21.1. The Morgan fingerprint density at radius 3 is 2.50 bits per heavy atom. The number of amides is 1. The van der Waals surface area contributed by atoms with Gasteiger partial charge in [0, 0.05) is 24.0 Å². The summed E-state index contributed by atoms with van der Waals surface area (Å²) >= 11 is 0. The molecule has 1 aliphatic rings.